The largest absolute Gasteiger partial charge is 0.493 e. The number of hydrogen-bond acceptors (Lipinski definition) is 5. The molecular weight excluding hydrogens is 753 g/mol. The van der Waals surface area contributed by atoms with E-state index in [1.165, 1.54) is 11.1 Å². The molecule has 0 bridgehead atoms. The zero-order chi connectivity index (χ0) is 43.2. The van der Waals surface area contributed by atoms with Crippen LogP contribution >= 0.6 is 0 Å². The first-order valence-corrected chi connectivity index (χ1v) is 22.2. The molecule has 6 aromatic carbocycles. The van der Waals surface area contributed by atoms with Crippen LogP contribution in [-0.2, 0) is 28.4 Å². The van der Waals surface area contributed by atoms with Crippen molar-refractivity contribution < 1.29 is 23.7 Å². The summed E-state index contributed by atoms with van der Waals surface area (Å²) in [5.41, 5.74) is 4.00. The summed E-state index contributed by atoms with van der Waals surface area (Å²) in [6.07, 6.45) is 2.64. The van der Waals surface area contributed by atoms with Gasteiger partial charge in [0.25, 0.3) is 0 Å². The van der Waals surface area contributed by atoms with Gasteiger partial charge < -0.3 is 23.7 Å². The molecule has 0 fully saturated rings. The van der Waals surface area contributed by atoms with Crippen LogP contribution in [0.5, 0.6) is 34.5 Å². The average molecular weight is 819 g/mol. The Kier molecular flexibility index (Phi) is 15.7. The van der Waals surface area contributed by atoms with E-state index in [9.17, 15) is 0 Å². The lowest BCUT2D eigenvalue weighted by atomic mass is 9.71. The molecule has 0 radical (unpaired) electrons. The minimum absolute atomic E-state index is 0.222. The average Bonchev–Trinajstić information content (AvgIpc) is 3.28. The van der Waals surface area contributed by atoms with E-state index in [0.717, 1.165) is 58.5 Å². The molecule has 0 saturated carbocycles. The fraction of sp³-hybridized carbons (Fsp3) is 0.357. The molecular formula is C56H66O5. The number of ether oxygens (including phenoxy) is 5. The summed E-state index contributed by atoms with van der Waals surface area (Å²) >= 11 is 0. The quantitative estimate of drug-likeness (QED) is 0.0683. The van der Waals surface area contributed by atoms with Gasteiger partial charge >= 0.3 is 0 Å². The lowest BCUT2D eigenvalue weighted by Gasteiger charge is -2.45. The smallest absolute Gasteiger partial charge is 0.127 e. The minimum Gasteiger partial charge on any atom is -0.493 e. The molecule has 4 atom stereocenters. The van der Waals surface area contributed by atoms with Gasteiger partial charge in [-0.05, 0) is 133 Å². The highest BCUT2D eigenvalue weighted by molar-refractivity contribution is 5.39. The first-order chi connectivity index (χ1) is 29.5. The van der Waals surface area contributed by atoms with E-state index in [1.54, 1.807) is 0 Å². The van der Waals surface area contributed by atoms with Crippen molar-refractivity contribution in [2.45, 2.75) is 104 Å². The van der Waals surface area contributed by atoms with E-state index >= 15 is 0 Å². The van der Waals surface area contributed by atoms with E-state index < -0.39 is 0 Å². The molecule has 0 heterocycles. The lowest BCUT2D eigenvalue weighted by Crippen LogP contribution is -2.48. The number of benzene rings is 6. The molecule has 0 spiro atoms. The van der Waals surface area contributed by atoms with Crippen molar-refractivity contribution >= 4 is 0 Å². The number of hydrogen-bond donors (Lipinski definition) is 0. The van der Waals surface area contributed by atoms with E-state index in [4.69, 9.17) is 23.7 Å². The molecule has 0 aromatic heterocycles. The van der Waals surface area contributed by atoms with Crippen molar-refractivity contribution in [1.29, 1.82) is 0 Å². The van der Waals surface area contributed by atoms with Crippen molar-refractivity contribution in [3.63, 3.8) is 0 Å². The Morgan fingerprint density at radius 2 is 0.770 bits per heavy atom. The van der Waals surface area contributed by atoms with Crippen molar-refractivity contribution in [3.05, 3.63) is 180 Å². The first-order valence-electron chi connectivity index (χ1n) is 22.2. The van der Waals surface area contributed by atoms with Crippen LogP contribution in [0.4, 0.5) is 0 Å². The summed E-state index contributed by atoms with van der Waals surface area (Å²) in [7, 11) is 0. The van der Waals surface area contributed by atoms with Gasteiger partial charge in [0.15, 0.2) is 0 Å². The van der Waals surface area contributed by atoms with Gasteiger partial charge in [0, 0.05) is 10.8 Å². The fourth-order valence-electron chi connectivity index (χ4n) is 7.82. The highest BCUT2D eigenvalue weighted by Crippen LogP contribution is 2.42. The molecule has 0 aliphatic heterocycles. The first kappa shape index (κ1) is 45.0. The van der Waals surface area contributed by atoms with E-state index in [1.807, 2.05) is 72.8 Å². The van der Waals surface area contributed by atoms with Crippen molar-refractivity contribution in [3.8, 4) is 34.5 Å². The van der Waals surface area contributed by atoms with Crippen molar-refractivity contribution in [1.82, 2.24) is 0 Å². The highest BCUT2D eigenvalue weighted by atomic mass is 16.5. The lowest BCUT2D eigenvalue weighted by molar-refractivity contribution is -0.0840. The molecule has 0 N–H and O–H groups in total. The Balaban J connectivity index is 1.42. The zero-order valence-electron chi connectivity index (χ0n) is 37.6. The maximum absolute atomic E-state index is 7.87. The van der Waals surface area contributed by atoms with Gasteiger partial charge in [-0.15, -0.1) is 0 Å². The maximum atomic E-state index is 7.87. The monoisotopic (exact) mass is 818 g/mol. The predicted octanol–water partition coefficient (Wildman–Crippen LogP) is 14.6. The van der Waals surface area contributed by atoms with Gasteiger partial charge in [0.05, 0.1) is 25.4 Å². The Hall–Kier alpha value is -5.52. The van der Waals surface area contributed by atoms with Crippen LogP contribution in [0.3, 0.4) is 0 Å². The van der Waals surface area contributed by atoms with Gasteiger partial charge in [0.2, 0.25) is 0 Å². The summed E-state index contributed by atoms with van der Waals surface area (Å²) in [6, 6.07) is 54.3. The summed E-state index contributed by atoms with van der Waals surface area (Å²) in [6.45, 7) is 19.3. The van der Waals surface area contributed by atoms with Gasteiger partial charge in [-0.25, -0.2) is 0 Å². The van der Waals surface area contributed by atoms with Gasteiger partial charge in [-0.1, -0.05) is 140 Å². The third-order valence-electron chi connectivity index (χ3n) is 12.0. The predicted molar refractivity (Wildman–Crippen MR) is 251 cm³/mol. The number of rotatable bonds is 22. The molecule has 0 aliphatic carbocycles. The molecule has 320 valence electrons. The highest BCUT2D eigenvalue weighted by Gasteiger charge is 2.42. The molecule has 5 heteroatoms. The van der Waals surface area contributed by atoms with Crippen LogP contribution in [0.1, 0.15) is 90.5 Å². The molecule has 6 aromatic rings. The Labute approximate surface area is 366 Å². The second-order valence-electron chi connectivity index (χ2n) is 17.6. The standard InChI is InChI=1S/C56H66O5/c1-9-55(7,45-27-31-47(32-28-45)57-39-41(3)4)53(37-43-19-17-25-51(35-43)59-49-21-13-11-14-22-49)61-54(38-44-20-18-26-52(36-44)60-50-23-15-12-16-24-50)56(8,10-2)46-29-33-48(34-30-46)58-40-42(5)6/h11-36,41-42,53-54H,9-10,37-40H2,1-8H3. The van der Waals surface area contributed by atoms with Crippen molar-refractivity contribution in [2.75, 3.05) is 13.2 Å². The summed E-state index contributed by atoms with van der Waals surface area (Å²) in [4.78, 5) is 0. The molecule has 0 amide bonds. The van der Waals surface area contributed by atoms with Crippen LogP contribution in [0.15, 0.2) is 158 Å². The topological polar surface area (TPSA) is 46.2 Å². The van der Waals surface area contributed by atoms with Crippen LogP contribution in [0.25, 0.3) is 0 Å². The van der Waals surface area contributed by atoms with Crippen molar-refractivity contribution in [2.24, 2.45) is 11.8 Å². The summed E-state index contributed by atoms with van der Waals surface area (Å²) in [5, 5.41) is 0. The Bertz CT molecular complexity index is 2040. The third kappa shape index (κ3) is 12.3. The van der Waals surface area contributed by atoms with E-state index in [0.29, 0.717) is 37.9 Å². The Morgan fingerprint density at radius 1 is 0.410 bits per heavy atom. The fourth-order valence-corrected chi connectivity index (χ4v) is 7.82. The molecule has 5 nitrogen and oxygen atoms in total. The van der Waals surface area contributed by atoms with E-state index in [-0.39, 0.29) is 23.0 Å². The number of para-hydroxylation sites is 2. The molecule has 61 heavy (non-hydrogen) atoms. The van der Waals surface area contributed by atoms with Crippen LogP contribution in [-0.4, -0.2) is 25.4 Å². The second-order valence-corrected chi connectivity index (χ2v) is 17.6. The normalized spacial score (nSPS) is 14.5. The Morgan fingerprint density at radius 3 is 1.11 bits per heavy atom. The molecule has 0 saturated heterocycles. The van der Waals surface area contributed by atoms with Crippen LogP contribution in [0.2, 0.25) is 0 Å². The van der Waals surface area contributed by atoms with Gasteiger partial charge in [-0.3, -0.25) is 0 Å². The van der Waals surface area contributed by atoms with Crippen LogP contribution < -0.4 is 18.9 Å². The van der Waals surface area contributed by atoms with Gasteiger partial charge in [-0.2, -0.15) is 0 Å². The minimum atomic E-state index is -0.368. The zero-order valence-corrected chi connectivity index (χ0v) is 37.6. The second kappa shape index (κ2) is 21.3. The summed E-state index contributed by atoms with van der Waals surface area (Å²) < 4.78 is 32.9. The maximum Gasteiger partial charge on any atom is 0.127 e. The molecule has 6 rings (SSSR count). The van der Waals surface area contributed by atoms with Crippen LogP contribution in [0, 0.1) is 11.8 Å². The van der Waals surface area contributed by atoms with E-state index in [2.05, 4.69) is 140 Å². The third-order valence-corrected chi connectivity index (χ3v) is 12.0. The van der Waals surface area contributed by atoms with Gasteiger partial charge in [0.1, 0.15) is 34.5 Å². The summed E-state index contributed by atoms with van der Waals surface area (Å²) in [5.74, 6) is 5.88. The SMILES string of the molecule is CCC(C)(c1ccc(OCC(C)C)cc1)C(Cc1cccc(Oc2ccccc2)c1)OC(Cc1cccc(Oc2ccccc2)c1)C(C)(CC)c1ccc(OCC(C)C)cc1. The molecule has 0 aliphatic rings. The molecule has 4 unspecified atom stereocenters.